The van der Waals surface area contributed by atoms with Crippen molar-refractivity contribution in [3.05, 3.63) is 290 Å². The van der Waals surface area contributed by atoms with Gasteiger partial charge < -0.3 is 9.80 Å². The van der Waals surface area contributed by atoms with E-state index in [-0.39, 0.29) is 0 Å². The van der Waals surface area contributed by atoms with E-state index in [0.29, 0.717) is 0 Å². The van der Waals surface area contributed by atoms with Gasteiger partial charge in [0.25, 0.3) is 0 Å². The second-order valence-corrected chi connectivity index (χ2v) is 20.4. The molecule has 356 valence electrons. The topological polar surface area (TPSA) is 6.48 Å². The van der Waals surface area contributed by atoms with E-state index in [2.05, 4.69) is 289 Å². The molecule has 14 aromatic carbocycles. The lowest BCUT2D eigenvalue weighted by atomic mass is 9.81. The molecule has 0 N–H and O–H groups in total. The minimum atomic E-state index is 0.932. The predicted octanol–water partition coefficient (Wildman–Crippen LogP) is 20.9. The number of aryl methyl sites for hydroxylation is 1. The van der Waals surface area contributed by atoms with Gasteiger partial charge in [0.05, 0.1) is 0 Å². The molecule has 0 spiro atoms. The molecule has 0 saturated heterocycles. The highest BCUT2D eigenvalue weighted by molar-refractivity contribution is 6.22. The van der Waals surface area contributed by atoms with Gasteiger partial charge in [0, 0.05) is 34.1 Å². The SMILES string of the molecule is C1=C(c2c3cc(N(c4ccc5ccccc5c4)c4ccc5ccccc5c4)ccc3c(-c3ccc4ccccc4c3)c3cc(N(c4ccc5ccccc5c4)c4ccc5ccccc5c4)ccc23)CCc2ccccc21. The number of nitrogens with zero attached hydrogens (tertiary/aromatic N) is 2. The highest BCUT2D eigenvalue weighted by Crippen LogP contribution is 2.50. The van der Waals surface area contributed by atoms with Gasteiger partial charge in [0.2, 0.25) is 0 Å². The standard InChI is InChI=1S/C74H50N2/c1-7-19-55-41-61(27-25-49(55)13-1)73-69-39-37-68(76(65-35-31-53-17-5-11-23-59(53)45-65)66-36-32-54-18-6-12-24-60(54)46-66)48-72(69)74(62-28-26-50-14-2-8-20-56(50)42-62)70-40-38-67(47-71(70)73)75(63-33-29-51-15-3-9-21-57(51)43-63)64-34-30-52-16-4-10-22-58(52)44-64/h1-25,27,29-48H,26,28H2. The van der Waals surface area contributed by atoms with Gasteiger partial charge in [-0.25, -0.2) is 0 Å². The van der Waals surface area contributed by atoms with E-state index in [0.717, 1.165) is 47.0 Å². The number of fused-ring (bicyclic) bond motifs is 8. The number of hydrogen-bond donors (Lipinski definition) is 0. The molecule has 0 amide bonds. The molecule has 0 fully saturated rings. The Hall–Kier alpha value is -9.76. The Kier molecular flexibility index (Phi) is 10.4. The van der Waals surface area contributed by atoms with Gasteiger partial charge in [-0.2, -0.15) is 0 Å². The molecule has 14 aromatic rings. The molecular formula is C74H50N2. The van der Waals surface area contributed by atoms with Crippen molar-refractivity contribution in [3.63, 3.8) is 0 Å². The minimum Gasteiger partial charge on any atom is -0.310 e. The smallest absolute Gasteiger partial charge is 0.0468 e. The molecule has 1 aliphatic rings. The van der Waals surface area contributed by atoms with Gasteiger partial charge in [-0.05, 0) is 201 Å². The van der Waals surface area contributed by atoms with E-state index >= 15 is 0 Å². The molecule has 2 heteroatoms. The lowest BCUT2D eigenvalue weighted by molar-refractivity contribution is 1.00. The van der Waals surface area contributed by atoms with Gasteiger partial charge in [0.1, 0.15) is 0 Å². The first-order chi connectivity index (χ1) is 37.6. The Morgan fingerprint density at radius 3 is 1.04 bits per heavy atom. The summed E-state index contributed by atoms with van der Waals surface area (Å²) in [6, 6.07) is 102. The summed E-state index contributed by atoms with van der Waals surface area (Å²) in [5.41, 5.74) is 14.4. The van der Waals surface area contributed by atoms with E-state index in [9.17, 15) is 0 Å². The second-order valence-electron chi connectivity index (χ2n) is 20.4. The van der Waals surface area contributed by atoms with Crippen LogP contribution in [0.3, 0.4) is 0 Å². The van der Waals surface area contributed by atoms with Crippen molar-refractivity contribution >= 4 is 121 Å². The Bertz CT molecular complexity index is 4520. The molecule has 0 atom stereocenters. The summed E-state index contributed by atoms with van der Waals surface area (Å²) in [7, 11) is 0. The lowest BCUT2D eigenvalue weighted by Gasteiger charge is -2.29. The van der Waals surface area contributed by atoms with Crippen LogP contribution in [0, 0.1) is 0 Å². The molecule has 0 heterocycles. The van der Waals surface area contributed by atoms with Crippen molar-refractivity contribution < 1.29 is 0 Å². The molecular weight excluding hydrogens is 917 g/mol. The highest BCUT2D eigenvalue weighted by atomic mass is 15.1. The average molecular weight is 967 g/mol. The Balaban J connectivity index is 1.04. The summed E-state index contributed by atoms with van der Waals surface area (Å²) in [6.45, 7) is 0. The van der Waals surface area contributed by atoms with Gasteiger partial charge in [-0.1, -0.05) is 200 Å². The van der Waals surface area contributed by atoms with E-state index < -0.39 is 0 Å². The minimum absolute atomic E-state index is 0.932. The number of rotatable bonds is 8. The number of hydrogen-bond acceptors (Lipinski definition) is 2. The van der Waals surface area contributed by atoms with Crippen LogP contribution >= 0.6 is 0 Å². The largest absolute Gasteiger partial charge is 0.310 e. The van der Waals surface area contributed by atoms with Crippen LogP contribution in [0.1, 0.15) is 23.1 Å². The molecule has 1 aliphatic carbocycles. The van der Waals surface area contributed by atoms with E-state index in [1.807, 2.05) is 0 Å². The summed E-state index contributed by atoms with van der Waals surface area (Å²) in [4.78, 5) is 4.91. The molecule has 0 bridgehead atoms. The van der Waals surface area contributed by atoms with Crippen molar-refractivity contribution in [3.8, 4) is 11.1 Å². The molecule has 0 radical (unpaired) electrons. The second kappa shape index (κ2) is 18.0. The third-order valence-electron chi connectivity index (χ3n) is 16.0. The van der Waals surface area contributed by atoms with Crippen LogP contribution in [0.4, 0.5) is 34.1 Å². The third kappa shape index (κ3) is 7.57. The van der Waals surface area contributed by atoms with Crippen LogP contribution in [0.15, 0.2) is 273 Å². The first-order valence-electron chi connectivity index (χ1n) is 26.5. The summed E-state index contributed by atoms with van der Waals surface area (Å²) in [5.74, 6) is 0. The maximum Gasteiger partial charge on any atom is 0.0468 e. The van der Waals surface area contributed by atoms with E-state index in [1.165, 1.54) is 109 Å². The van der Waals surface area contributed by atoms with Crippen LogP contribution in [-0.4, -0.2) is 0 Å². The first kappa shape index (κ1) is 43.8. The van der Waals surface area contributed by atoms with Gasteiger partial charge >= 0.3 is 0 Å². The fourth-order valence-electron chi connectivity index (χ4n) is 12.3. The number of allylic oxidation sites excluding steroid dienone is 1. The summed E-state index contributed by atoms with van der Waals surface area (Å²) in [5, 5.41) is 17.1. The average Bonchev–Trinajstić information content (AvgIpc) is 3.52. The van der Waals surface area contributed by atoms with Crippen molar-refractivity contribution in [2.75, 3.05) is 9.80 Å². The zero-order valence-electron chi connectivity index (χ0n) is 41.9. The molecule has 76 heavy (non-hydrogen) atoms. The van der Waals surface area contributed by atoms with Crippen LogP contribution in [0.25, 0.3) is 98.2 Å². The molecule has 0 aromatic heterocycles. The van der Waals surface area contributed by atoms with Crippen LogP contribution in [0.5, 0.6) is 0 Å². The maximum absolute atomic E-state index is 2.49. The fourth-order valence-corrected chi connectivity index (χ4v) is 12.3. The molecule has 2 nitrogen and oxygen atoms in total. The van der Waals surface area contributed by atoms with Gasteiger partial charge in [0.15, 0.2) is 0 Å². The first-order valence-corrected chi connectivity index (χ1v) is 26.5. The zero-order chi connectivity index (χ0) is 50.1. The van der Waals surface area contributed by atoms with Gasteiger partial charge in [-0.15, -0.1) is 0 Å². The number of anilines is 6. The molecule has 15 rings (SSSR count). The highest BCUT2D eigenvalue weighted by Gasteiger charge is 2.25. The quantitative estimate of drug-likeness (QED) is 0.140. The third-order valence-corrected chi connectivity index (χ3v) is 16.0. The normalized spacial score (nSPS) is 12.4. The van der Waals surface area contributed by atoms with Crippen molar-refractivity contribution in [2.24, 2.45) is 0 Å². The Morgan fingerprint density at radius 2 is 0.579 bits per heavy atom. The van der Waals surface area contributed by atoms with E-state index in [1.54, 1.807) is 0 Å². The number of benzene rings is 14. The summed E-state index contributed by atoms with van der Waals surface area (Å²) < 4.78 is 0. The van der Waals surface area contributed by atoms with Crippen molar-refractivity contribution in [1.29, 1.82) is 0 Å². The monoisotopic (exact) mass is 966 g/mol. The fraction of sp³-hybridized carbons (Fsp3) is 0.0270. The molecule has 0 aliphatic heterocycles. The van der Waals surface area contributed by atoms with Crippen molar-refractivity contribution in [2.45, 2.75) is 12.8 Å². The lowest BCUT2D eigenvalue weighted by Crippen LogP contribution is -2.11. The Morgan fingerprint density at radius 1 is 0.237 bits per heavy atom. The molecule has 0 saturated carbocycles. The summed E-state index contributed by atoms with van der Waals surface area (Å²) in [6.07, 6.45) is 4.39. The zero-order valence-corrected chi connectivity index (χ0v) is 41.9. The van der Waals surface area contributed by atoms with E-state index in [4.69, 9.17) is 0 Å². The van der Waals surface area contributed by atoms with Crippen LogP contribution in [-0.2, 0) is 6.42 Å². The molecule has 0 unspecified atom stereocenters. The summed E-state index contributed by atoms with van der Waals surface area (Å²) >= 11 is 0. The van der Waals surface area contributed by atoms with Crippen LogP contribution < -0.4 is 9.80 Å². The predicted molar refractivity (Wildman–Crippen MR) is 326 cm³/mol. The maximum atomic E-state index is 2.49. The Labute approximate surface area is 442 Å². The van der Waals surface area contributed by atoms with Crippen molar-refractivity contribution in [1.82, 2.24) is 0 Å². The van der Waals surface area contributed by atoms with Crippen LogP contribution in [0.2, 0.25) is 0 Å². The van der Waals surface area contributed by atoms with Gasteiger partial charge in [-0.3, -0.25) is 0 Å².